The van der Waals surface area contributed by atoms with Gasteiger partial charge >= 0.3 is 0 Å². The van der Waals surface area contributed by atoms with Gasteiger partial charge in [0.25, 0.3) is 0 Å². The van der Waals surface area contributed by atoms with E-state index in [1.807, 2.05) is 42.5 Å². The summed E-state index contributed by atoms with van der Waals surface area (Å²) < 4.78 is 16.0. The van der Waals surface area contributed by atoms with Gasteiger partial charge in [-0.15, -0.1) is 0 Å². The number of benzene rings is 2. The van der Waals surface area contributed by atoms with Crippen LogP contribution in [-0.4, -0.2) is 18.9 Å². The van der Waals surface area contributed by atoms with Gasteiger partial charge in [0, 0.05) is 17.0 Å². The third-order valence-electron chi connectivity index (χ3n) is 3.63. The van der Waals surface area contributed by atoms with E-state index in [0.717, 1.165) is 39.4 Å². The van der Waals surface area contributed by atoms with E-state index in [4.69, 9.17) is 25.8 Å². The van der Waals surface area contributed by atoms with Gasteiger partial charge in [-0.25, -0.2) is 4.98 Å². The van der Waals surface area contributed by atoms with Crippen LogP contribution in [0.1, 0.15) is 0 Å². The standard InChI is InChI=1S/C17H12ClNO3/c1-20-11-3-4-12-13(18)8-14(19-15(12)7-11)10-2-5-16-17(6-10)22-9-21-16/h2-8H,9H2,1H3. The van der Waals surface area contributed by atoms with E-state index in [0.29, 0.717) is 5.02 Å². The zero-order valence-electron chi connectivity index (χ0n) is 11.8. The Morgan fingerprint density at radius 3 is 2.77 bits per heavy atom. The second-order valence-electron chi connectivity index (χ2n) is 4.94. The molecule has 0 atom stereocenters. The molecule has 0 amide bonds. The van der Waals surface area contributed by atoms with Crippen molar-refractivity contribution < 1.29 is 14.2 Å². The number of nitrogens with zero attached hydrogens (tertiary/aromatic N) is 1. The molecule has 1 aliphatic rings. The Labute approximate surface area is 132 Å². The molecule has 110 valence electrons. The highest BCUT2D eigenvalue weighted by Crippen LogP contribution is 2.37. The van der Waals surface area contributed by atoms with Gasteiger partial charge in [-0.3, -0.25) is 0 Å². The predicted molar refractivity (Wildman–Crippen MR) is 84.9 cm³/mol. The minimum absolute atomic E-state index is 0.252. The molecule has 1 aliphatic heterocycles. The van der Waals surface area contributed by atoms with Crippen LogP contribution < -0.4 is 14.2 Å². The summed E-state index contributed by atoms with van der Waals surface area (Å²) in [6.07, 6.45) is 0. The molecule has 0 N–H and O–H groups in total. The highest BCUT2D eigenvalue weighted by atomic mass is 35.5. The summed E-state index contributed by atoms with van der Waals surface area (Å²) in [5.74, 6) is 2.22. The molecule has 0 unspecified atom stereocenters. The summed E-state index contributed by atoms with van der Waals surface area (Å²) in [4.78, 5) is 4.68. The van der Waals surface area contributed by atoms with Gasteiger partial charge in [0.2, 0.25) is 6.79 Å². The average Bonchev–Trinajstić information content (AvgIpc) is 3.01. The second-order valence-corrected chi connectivity index (χ2v) is 5.35. The molecule has 0 saturated carbocycles. The maximum absolute atomic E-state index is 6.39. The Kier molecular flexibility index (Phi) is 3.05. The van der Waals surface area contributed by atoms with Crippen molar-refractivity contribution in [3.05, 3.63) is 47.5 Å². The Bertz CT molecular complexity index is 879. The Balaban J connectivity index is 1.87. The fraction of sp³-hybridized carbons (Fsp3) is 0.118. The van der Waals surface area contributed by atoms with Crippen molar-refractivity contribution in [3.8, 4) is 28.5 Å². The van der Waals surface area contributed by atoms with Crippen molar-refractivity contribution >= 4 is 22.5 Å². The minimum Gasteiger partial charge on any atom is -0.497 e. The molecule has 2 heterocycles. The Hall–Kier alpha value is -2.46. The van der Waals surface area contributed by atoms with Crippen molar-refractivity contribution in [2.24, 2.45) is 0 Å². The normalized spacial score (nSPS) is 12.6. The first-order valence-corrected chi connectivity index (χ1v) is 7.17. The van der Waals surface area contributed by atoms with Crippen molar-refractivity contribution in [1.29, 1.82) is 0 Å². The number of fused-ring (bicyclic) bond motifs is 2. The van der Waals surface area contributed by atoms with Crippen LogP contribution in [0.4, 0.5) is 0 Å². The number of hydrogen-bond donors (Lipinski definition) is 0. The van der Waals surface area contributed by atoms with E-state index < -0.39 is 0 Å². The summed E-state index contributed by atoms with van der Waals surface area (Å²) in [5.41, 5.74) is 2.50. The largest absolute Gasteiger partial charge is 0.497 e. The maximum Gasteiger partial charge on any atom is 0.231 e. The molecular weight excluding hydrogens is 302 g/mol. The number of pyridine rings is 1. The van der Waals surface area contributed by atoms with Crippen molar-refractivity contribution in [3.63, 3.8) is 0 Å². The summed E-state index contributed by atoms with van der Waals surface area (Å²) in [5, 5.41) is 1.55. The molecule has 1 aromatic heterocycles. The van der Waals surface area contributed by atoms with Crippen LogP contribution in [0.5, 0.6) is 17.2 Å². The summed E-state index contributed by atoms with van der Waals surface area (Å²) in [6.45, 7) is 0.252. The highest BCUT2D eigenvalue weighted by molar-refractivity contribution is 6.35. The van der Waals surface area contributed by atoms with Gasteiger partial charge in [0.1, 0.15) is 5.75 Å². The fourth-order valence-corrected chi connectivity index (χ4v) is 2.76. The van der Waals surface area contributed by atoms with E-state index in [1.165, 1.54) is 0 Å². The molecule has 0 bridgehead atoms. The lowest BCUT2D eigenvalue weighted by molar-refractivity contribution is 0.174. The number of aromatic nitrogens is 1. The topological polar surface area (TPSA) is 40.6 Å². The minimum atomic E-state index is 0.252. The van der Waals surface area contributed by atoms with Crippen molar-refractivity contribution in [2.75, 3.05) is 13.9 Å². The Morgan fingerprint density at radius 1 is 1.05 bits per heavy atom. The average molecular weight is 314 g/mol. The van der Waals surface area contributed by atoms with Crippen LogP contribution in [0.15, 0.2) is 42.5 Å². The molecule has 0 saturated heterocycles. The first kappa shape index (κ1) is 13.2. The number of halogens is 1. The van der Waals surface area contributed by atoms with Crippen LogP contribution in [-0.2, 0) is 0 Å². The number of rotatable bonds is 2. The zero-order valence-corrected chi connectivity index (χ0v) is 12.6. The number of ether oxygens (including phenoxy) is 3. The number of methoxy groups -OCH3 is 1. The molecular formula is C17H12ClNO3. The molecule has 0 radical (unpaired) electrons. The van der Waals surface area contributed by atoms with Gasteiger partial charge in [-0.1, -0.05) is 11.6 Å². The molecule has 22 heavy (non-hydrogen) atoms. The van der Waals surface area contributed by atoms with Crippen molar-refractivity contribution in [1.82, 2.24) is 4.98 Å². The first-order valence-electron chi connectivity index (χ1n) is 6.79. The quantitative estimate of drug-likeness (QED) is 0.707. The van der Waals surface area contributed by atoms with Crippen molar-refractivity contribution in [2.45, 2.75) is 0 Å². The fourth-order valence-electron chi connectivity index (χ4n) is 2.50. The zero-order chi connectivity index (χ0) is 15.1. The lowest BCUT2D eigenvalue weighted by atomic mass is 10.1. The first-order chi connectivity index (χ1) is 10.7. The molecule has 0 aliphatic carbocycles. The third-order valence-corrected chi connectivity index (χ3v) is 3.95. The summed E-state index contributed by atoms with van der Waals surface area (Å²) in [7, 11) is 1.63. The summed E-state index contributed by atoms with van der Waals surface area (Å²) in [6, 6.07) is 13.2. The Morgan fingerprint density at radius 2 is 1.91 bits per heavy atom. The highest BCUT2D eigenvalue weighted by Gasteiger charge is 2.15. The maximum atomic E-state index is 6.39. The van der Waals surface area contributed by atoms with Gasteiger partial charge in [-0.2, -0.15) is 0 Å². The lowest BCUT2D eigenvalue weighted by Crippen LogP contribution is -1.92. The molecule has 4 rings (SSSR count). The molecule has 0 spiro atoms. The van der Waals surface area contributed by atoms with Crippen LogP contribution in [0.3, 0.4) is 0 Å². The number of hydrogen-bond acceptors (Lipinski definition) is 4. The van der Waals surface area contributed by atoms with Gasteiger partial charge in [-0.05, 0) is 36.4 Å². The molecule has 5 heteroatoms. The smallest absolute Gasteiger partial charge is 0.231 e. The van der Waals surface area contributed by atoms with E-state index in [2.05, 4.69) is 4.98 Å². The van der Waals surface area contributed by atoms with E-state index in [1.54, 1.807) is 7.11 Å². The lowest BCUT2D eigenvalue weighted by Gasteiger charge is -2.08. The molecule has 0 fully saturated rings. The van der Waals surface area contributed by atoms with Crippen LogP contribution >= 0.6 is 11.6 Å². The van der Waals surface area contributed by atoms with Gasteiger partial charge in [0.15, 0.2) is 11.5 Å². The molecule has 4 nitrogen and oxygen atoms in total. The second kappa shape index (κ2) is 5.07. The van der Waals surface area contributed by atoms with Crippen LogP contribution in [0, 0.1) is 0 Å². The van der Waals surface area contributed by atoms with Crippen LogP contribution in [0.25, 0.3) is 22.2 Å². The van der Waals surface area contributed by atoms with E-state index >= 15 is 0 Å². The summed E-state index contributed by atoms with van der Waals surface area (Å²) >= 11 is 6.39. The molecule has 2 aromatic carbocycles. The van der Waals surface area contributed by atoms with Crippen LogP contribution in [0.2, 0.25) is 5.02 Å². The van der Waals surface area contributed by atoms with Gasteiger partial charge in [0.05, 0.1) is 23.3 Å². The molecule has 3 aromatic rings. The third kappa shape index (κ3) is 2.12. The SMILES string of the molecule is COc1ccc2c(Cl)cc(-c3ccc4c(c3)OCO4)nc2c1. The predicted octanol–water partition coefficient (Wildman–Crippen LogP) is 4.29. The van der Waals surface area contributed by atoms with E-state index in [-0.39, 0.29) is 6.79 Å². The van der Waals surface area contributed by atoms with E-state index in [9.17, 15) is 0 Å². The van der Waals surface area contributed by atoms with Gasteiger partial charge < -0.3 is 14.2 Å². The monoisotopic (exact) mass is 313 g/mol.